The van der Waals surface area contributed by atoms with Crippen molar-refractivity contribution >= 4 is 15.9 Å². The molecule has 0 radical (unpaired) electrons. The van der Waals surface area contributed by atoms with Crippen molar-refractivity contribution in [3.8, 4) is 0 Å². The summed E-state index contributed by atoms with van der Waals surface area (Å²) in [6.07, 6.45) is 6.32. The summed E-state index contributed by atoms with van der Waals surface area (Å²) in [5.41, 5.74) is 1.22. The van der Waals surface area contributed by atoms with Crippen LogP contribution in [-0.2, 0) is 20.8 Å². The van der Waals surface area contributed by atoms with Gasteiger partial charge < -0.3 is 14.2 Å². The quantitative estimate of drug-likeness (QED) is 0.369. The summed E-state index contributed by atoms with van der Waals surface area (Å²) in [5.74, 6) is 0.510. The largest absolute Gasteiger partial charge is 0.376 e. The monoisotopic (exact) mass is 368 g/mol. The first-order chi connectivity index (χ1) is 10.8. The van der Waals surface area contributed by atoms with Crippen LogP contribution in [-0.4, -0.2) is 30.9 Å². The molecule has 0 bridgehead atoms. The van der Waals surface area contributed by atoms with Gasteiger partial charge in [-0.25, -0.2) is 0 Å². The summed E-state index contributed by atoms with van der Waals surface area (Å²) in [6, 6.07) is 10.3. The van der Waals surface area contributed by atoms with E-state index >= 15 is 0 Å². The number of halogens is 1. The van der Waals surface area contributed by atoms with Gasteiger partial charge in [-0.1, -0.05) is 58.4 Å². The van der Waals surface area contributed by atoms with E-state index in [1.807, 2.05) is 25.1 Å². The number of hydrogen-bond acceptors (Lipinski definition) is 3. The van der Waals surface area contributed by atoms with E-state index in [1.165, 1.54) is 5.56 Å². The Kier molecular flexibility index (Phi) is 8.16. The molecule has 1 aliphatic rings. The molecular formula is C18H25BrO3. The van der Waals surface area contributed by atoms with Crippen LogP contribution >= 0.6 is 15.9 Å². The van der Waals surface area contributed by atoms with Gasteiger partial charge in [0.25, 0.3) is 0 Å². The highest BCUT2D eigenvalue weighted by molar-refractivity contribution is 9.09. The van der Waals surface area contributed by atoms with Crippen LogP contribution in [0.4, 0.5) is 0 Å². The lowest BCUT2D eigenvalue weighted by molar-refractivity contribution is -0.147. The molecule has 22 heavy (non-hydrogen) atoms. The molecule has 1 aromatic rings. The third-order valence-corrected chi connectivity index (χ3v) is 4.18. The molecule has 0 saturated heterocycles. The number of rotatable bonds is 9. The number of allylic oxidation sites excluding steroid dienone is 1. The fourth-order valence-corrected chi connectivity index (χ4v) is 2.92. The molecule has 1 aromatic carbocycles. The second-order valence-corrected chi connectivity index (χ2v) is 6.13. The molecule has 0 saturated carbocycles. The Morgan fingerprint density at radius 2 is 2.09 bits per heavy atom. The molecule has 0 N–H and O–H groups in total. The summed E-state index contributed by atoms with van der Waals surface area (Å²) < 4.78 is 17.4. The molecule has 3 atom stereocenters. The van der Waals surface area contributed by atoms with E-state index < -0.39 is 0 Å². The van der Waals surface area contributed by atoms with Crippen LogP contribution in [0.3, 0.4) is 0 Å². The summed E-state index contributed by atoms with van der Waals surface area (Å²) in [5, 5.41) is 0.695. The van der Waals surface area contributed by atoms with Gasteiger partial charge in [0.15, 0.2) is 6.29 Å². The maximum Gasteiger partial charge on any atom is 0.167 e. The normalized spacial score (nSPS) is 22.6. The topological polar surface area (TPSA) is 27.7 Å². The van der Waals surface area contributed by atoms with Crippen molar-refractivity contribution in [3.63, 3.8) is 0 Å². The standard InChI is InChI=1S/C18H25BrO3/c1-2-21-18(12-19)22-17-10-6-9-16(11-17)14-20-13-15-7-4-3-5-8-15/h3-8,10,16-18H,2,9,11-14H2,1H3/t16-,17+,18?/m1/s1. The number of benzene rings is 1. The van der Waals surface area contributed by atoms with Crippen molar-refractivity contribution < 1.29 is 14.2 Å². The maximum atomic E-state index is 5.96. The van der Waals surface area contributed by atoms with Crippen LogP contribution in [0.15, 0.2) is 42.5 Å². The smallest absolute Gasteiger partial charge is 0.167 e. The molecule has 3 nitrogen and oxygen atoms in total. The van der Waals surface area contributed by atoms with Crippen LogP contribution in [0.2, 0.25) is 0 Å². The van der Waals surface area contributed by atoms with Gasteiger partial charge in [-0.05, 0) is 31.2 Å². The molecule has 122 valence electrons. The average Bonchev–Trinajstić information content (AvgIpc) is 2.56. The minimum atomic E-state index is -0.177. The van der Waals surface area contributed by atoms with Crippen LogP contribution < -0.4 is 0 Å². The molecule has 0 spiro atoms. The zero-order chi connectivity index (χ0) is 15.6. The summed E-state index contributed by atoms with van der Waals surface area (Å²) in [6.45, 7) is 4.09. The lowest BCUT2D eigenvalue weighted by Gasteiger charge is -2.27. The van der Waals surface area contributed by atoms with Gasteiger partial charge in [0, 0.05) is 6.61 Å². The molecule has 0 fully saturated rings. The summed E-state index contributed by atoms with van der Waals surface area (Å²) in [7, 11) is 0. The minimum absolute atomic E-state index is 0.119. The van der Waals surface area contributed by atoms with Gasteiger partial charge in [-0.15, -0.1) is 0 Å². The SMILES string of the molecule is CCOC(CBr)O[C@H]1C=CC[C@@H](COCc2ccccc2)C1. The minimum Gasteiger partial charge on any atom is -0.376 e. The van der Waals surface area contributed by atoms with E-state index in [9.17, 15) is 0 Å². The zero-order valence-electron chi connectivity index (χ0n) is 13.1. The van der Waals surface area contributed by atoms with Gasteiger partial charge in [0.05, 0.1) is 24.6 Å². The van der Waals surface area contributed by atoms with Gasteiger partial charge in [-0.2, -0.15) is 0 Å². The highest BCUT2D eigenvalue weighted by Gasteiger charge is 2.21. The van der Waals surface area contributed by atoms with E-state index in [1.54, 1.807) is 0 Å². The van der Waals surface area contributed by atoms with E-state index in [2.05, 4.69) is 40.2 Å². The van der Waals surface area contributed by atoms with Crippen LogP contribution in [0.5, 0.6) is 0 Å². The van der Waals surface area contributed by atoms with Crippen LogP contribution in [0.1, 0.15) is 25.3 Å². The highest BCUT2D eigenvalue weighted by atomic mass is 79.9. The molecule has 1 unspecified atom stereocenters. The van der Waals surface area contributed by atoms with Crippen molar-refractivity contribution in [1.29, 1.82) is 0 Å². The van der Waals surface area contributed by atoms with Gasteiger partial charge >= 0.3 is 0 Å². The van der Waals surface area contributed by atoms with Gasteiger partial charge in [-0.3, -0.25) is 0 Å². The predicted octanol–water partition coefficient (Wildman–Crippen LogP) is 4.31. The second-order valence-electron chi connectivity index (χ2n) is 5.48. The Morgan fingerprint density at radius 1 is 1.27 bits per heavy atom. The molecule has 0 aliphatic heterocycles. The molecule has 0 aromatic heterocycles. The van der Waals surface area contributed by atoms with Crippen molar-refractivity contribution in [3.05, 3.63) is 48.0 Å². The Bertz CT molecular complexity index is 435. The van der Waals surface area contributed by atoms with Crippen molar-refractivity contribution in [2.24, 2.45) is 5.92 Å². The third-order valence-electron chi connectivity index (χ3n) is 3.66. The van der Waals surface area contributed by atoms with E-state index in [-0.39, 0.29) is 12.4 Å². The van der Waals surface area contributed by atoms with Crippen LogP contribution in [0, 0.1) is 5.92 Å². The number of hydrogen-bond donors (Lipinski definition) is 0. The molecule has 0 heterocycles. The Balaban J connectivity index is 1.71. The Hall–Kier alpha value is -0.680. The molecule has 0 amide bonds. The third kappa shape index (κ3) is 6.21. The lowest BCUT2D eigenvalue weighted by atomic mass is 9.93. The molecular weight excluding hydrogens is 344 g/mol. The van der Waals surface area contributed by atoms with Gasteiger partial charge in [0.2, 0.25) is 0 Å². The average molecular weight is 369 g/mol. The van der Waals surface area contributed by atoms with E-state index in [0.717, 1.165) is 19.4 Å². The van der Waals surface area contributed by atoms with Crippen LogP contribution in [0.25, 0.3) is 0 Å². The zero-order valence-corrected chi connectivity index (χ0v) is 14.7. The first-order valence-corrected chi connectivity index (χ1v) is 9.05. The molecule has 2 rings (SSSR count). The van der Waals surface area contributed by atoms with E-state index in [4.69, 9.17) is 14.2 Å². The molecule has 4 heteroatoms. The first kappa shape index (κ1) is 17.7. The Labute approximate surface area is 141 Å². The predicted molar refractivity (Wildman–Crippen MR) is 92.0 cm³/mol. The summed E-state index contributed by atoms with van der Waals surface area (Å²) in [4.78, 5) is 0. The van der Waals surface area contributed by atoms with Crippen molar-refractivity contribution in [1.82, 2.24) is 0 Å². The maximum absolute atomic E-state index is 5.96. The fraction of sp³-hybridized carbons (Fsp3) is 0.556. The first-order valence-electron chi connectivity index (χ1n) is 7.93. The lowest BCUT2D eigenvalue weighted by Crippen LogP contribution is -2.29. The summed E-state index contributed by atoms with van der Waals surface area (Å²) >= 11 is 3.43. The van der Waals surface area contributed by atoms with E-state index in [0.29, 0.717) is 24.5 Å². The second kappa shape index (κ2) is 10.2. The highest BCUT2D eigenvalue weighted by Crippen LogP contribution is 2.23. The molecule has 1 aliphatic carbocycles. The Morgan fingerprint density at radius 3 is 2.82 bits per heavy atom. The number of alkyl halides is 1. The fourth-order valence-electron chi connectivity index (χ4n) is 2.58. The van der Waals surface area contributed by atoms with Crippen molar-refractivity contribution in [2.45, 2.75) is 38.8 Å². The number of ether oxygens (including phenoxy) is 3. The van der Waals surface area contributed by atoms with Gasteiger partial charge in [0.1, 0.15) is 0 Å². The van der Waals surface area contributed by atoms with Crippen molar-refractivity contribution in [2.75, 3.05) is 18.5 Å².